The minimum Gasteiger partial charge on any atom is -0.368 e. The van der Waals surface area contributed by atoms with Gasteiger partial charge in [0.1, 0.15) is 0 Å². The molecule has 2 atom stereocenters. The van der Waals surface area contributed by atoms with Crippen LogP contribution in [0, 0.1) is 19.8 Å². The maximum atomic E-state index is 13.2. The molecular formula is C22H27ClN4O. The van der Waals surface area contributed by atoms with Gasteiger partial charge in [-0.15, -0.1) is 0 Å². The number of aryl methyl sites for hydroxylation is 2. The van der Waals surface area contributed by atoms with Crippen LogP contribution in [0.1, 0.15) is 22.7 Å². The van der Waals surface area contributed by atoms with Crippen LogP contribution in [0.3, 0.4) is 0 Å². The Morgan fingerprint density at radius 3 is 2.43 bits per heavy atom. The Bertz CT molecular complexity index is 846. The van der Waals surface area contributed by atoms with Gasteiger partial charge in [0.05, 0.1) is 12.0 Å². The third-order valence-corrected chi connectivity index (χ3v) is 6.06. The van der Waals surface area contributed by atoms with Crippen LogP contribution in [0.4, 0.5) is 5.69 Å². The average Bonchev–Trinajstić information content (AvgIpc) is 3.18. The van der Waals surface area contributed by atoms with Crippen LogP contribution in [0.25, 0.3) is 0 Å². The van der Waals surface area contributed by atoms with E-state index in [-0.39, 0.29) is 17.9 Å². The van der Waals surface area contributed by atoms with Crippen molar-refractivity contribution >= 4 is 23.2 Å². The molecule has 1 amide bonds. The predicted octanol–water partition coefficient (Wildman–Crippen LogP) is 3.07. The van der Waals surface area contributed by atoms with E-state index < -0.39 is 0 Å². The first-order valence-corrected chi connectivity index (χ1v) is 10.3. The highest BCUT2D eigenvalue weighted by atomic mass is 35.5. The lowest BCUT2D eigenvalue weighted by Gasteiger charge is -2.38. The van der Waals surface area contributed by atoms with Gasteiger partial charge in [-0.1, -0.05) is 41.4 Å². The van der Waals surface area contributed by atoms with Crippen molar-refractivity contribution in [1.82, 2.24) is 15.8 Å². The number of hydrazine groups is 1. The fourth-order valence-electron chi connectivity index (χ4n) is 4.28. The molecule has 0 radical (unpaired) electrons. The van der Waals surface area contributed by atoms with Crippen LogP contribution < -0.4 is 15.8 Å². The number of amides is 1. The molecule has 0 spiro atoms. The van der Waals surface area contributed by atoms with Crippen molar-refractivity contribution in [3.63, 3.8) is 0 Å². The summed E-state index contributed by atoms with van der Waals surface area (Å²) in [5.41, 5.74) is 11.4. The molecule has 148 valence electrons. The first-order valence-electron chi connectivity index (χ1n) is 9.88. The van der Waals surface area contributed by atoms with Crippen LogP contribution in [0.5, 0.6) is 0 Å². The zero-order chi connectivity index (χ0) is 19.7. The van der Waals surface area contributed by atoms with Crippen molar-refractivity contribution in [2.24, 2.45) is 5.92 Å². The van der Waals surface area contributed by atoms with E-state index in [0.717, 1.165) is 31.7 Å². The fourth-order valence-corrected chi connectivity index (χ4v) is 4.40. The molecule has 2 saturated heterocycles. The summed E-state index contributed by atoms with van der Waals surface area (Å²) in [5.74, 6) is 0.117. The lowest BCUT2D eigenvalue weighted by atomic mass is 9.93. The van der Waals surface area contributed by atoms with Crippen molar-refractivity contribution in [3.8, 4) is 0 Å². The standard InChI is InChI=1S/C22H27ClN4O/c1-15-3-8-20(16(2)13-15)26-9-11-27(12-10-26)22(28)19-14-24-25-21(19)17-4-6-18(23)7-5-17/h3-8,13,19,21,24-25H,9-12,14H2,1-2H3. The molecular weight excluding hydrogens is 372 g/mol. The average molecular weight is 399 g/mol. The minimum atomic E-state index is -0.103. The Morgan fingerprint density at radius 1 is 1.04 bits per heavy atom. The van der Waals surface area contributed by atoms with Gasteiger partial charge in [0.2, 0.25) is 5.91 Å². The van der Waals surface area contributed by atoms with Gasteiger partial charge >= 0.3 is 0 Å². The first-order chi connectivity index (χ1) is 13.5. The molecule has 6 heteroatoms. The molecule has 4 rings (SSSR count). The van der Waals surface area contributed by atoms with E-state index in [2.05, 4.69) is 47.8 Å². The summed E-state index contributed by atoms with van der Waals surface area (Å²) >= 11 is 6.01. The second-order valence-electron chi connectivity index (χ2n) is 7.76. The normalized spacial score (nSPS) is 22.5. The topological polar surface area (TPSA) is 47.6 Å². The van der Waals surface area contributed by atoms with Crippen molar-refractivity contribution in [2.45, 2.75) is 19.9 Å². The van der Waals surface area contributed by atoms with Gasteiger partial charge in [0.25, 0.3) is 0 Å². The van der Waals surface area contributed by atoms with Gasteiger partial charge in [-0.25, -0.2) is 5.43 Å². The number of carbonyl (C=O) groups is 1. The van der Waals surface area contributed by atoms with Crippen LogP contribution in [0.15, 0.2) is 42.5 Å². The Hall–Kier alpha value is -2.08. The summed E-state index contributed by atoms with van der Waals surface area (Å²) in [6.45, 7) is 8.18. The van der Waals surface area contributed by atoms with Gasteiger partial charge in [0, 0.05) is 43.4 Å². The number of hydrogen-bond donors (Lipinski definition) is 2. The van der Waals surface area contributed by atoms with Crippen molar-refractivity contribution < 1.29 is 4.79 Å². The van der Waals surface area contributed by atoms with Gasteiger partial charge in [-0.05, 0) is 43.2 Å². The summed E-state index contributed by atoms with van der Waals surface area (Å²) in [7, 11) is 0. The summed E-state index contributed by atoms with van der Waals surface area (Å²) in [5, 5.41) is 0.708. The lowest BCUT2D eigenvalue weighted by molar-refractivity contribution is -0.135. The number of carbonyl (C=O) groups excluding carboxylic acids is 1. The largest absolute Gasteiger partial charge is 0.368 e. The quantitative estimate of drug-likeness (QED) is 0.834. The van der Waals surface area contributed by atoms with Crippen molar-refractivity contribution in [3.05, 3.63) is 64.2 Å². The number of nitrogens with zero attached hydrogens (tertiary/aromatic N) is 2. The van der Waals surface area contributed by atoms with Crippen LogP contribution >= 0.6 is 11.6 Å². The van der Waals surface area contributed by atoms with Gasteiger partial charge in [0.15, 0.2) is 0 Å². The molecule has 0 aromatic heterocycles. The maximum Gasteiger partial charge on any atom is 0.229 e. The number of rotatable bonds is 3. The number of halogens is 1. The van der Waals surface area contributed by atoms with E-state index in [1.807, 2.05) is 29.2 Å². The Kier molecular flexibility index (Phi) is 5.58. The first kappa shape index (κ1) is 19.2. The Labute approximate surface area is 171 Å². The monoisotopic (exact) mass is 398 g/mol. The third-order valence-electron chi connectivity index (χ3n) is 5.81. The van der Waals surface area contributed by atoms with Crippen LogP contribution in [-0.4, -0.2) is 43.5 Å². The molecule has 2 aliphatic heterocycles. The molecule has 2 aromatic rings. The predicted molar refractivity (Wildman–Crippen MR) is 114 cm³/mol. The number of hydrogen-bond acceptors (Lipinski definition) is 4. The number of nitrogens with one attached hydrogen (secondary N) is 2. The van der Waals surface area contributed by atoms with E-state index in [4.69, 9.17) is 11.6 Å². The molecule has 28 heavy (non-hydrogen) atoms. The zero-order valence-electron chi connectivity index (χ0n) is 16.4. The SMILES string of the molecule is Cc1ccc(N2CCN(C(=O)C3CNNC3c3ccc(Cl)cc3)CC2)c(C)c1. The highest BCUT2D eigenvalue weighted by Gasteiger charge is 2.37. The second kappa shape index (κ2) is 8.11. The summed E-state index contributed by atoms with van der Waals surface area (Å²) in [4.78, 5) is 17.6. The molecule has 2 aliphatic rings. The summed E-state index contributed by atoms with van der Waals surface area (Å²) in [6.07, 6.45) is 0. The summed E-state index contributed by atoms with van der Waals surface area (Å²) in [6, 6.07) is 14.3. The molecule has 2 N–H and O–H groups in total. The zero-order valence-corrected chi connectivity index (χ0v) is 17.2. The van der Waals surface area contributed by atoms with Crippen LogP contribution in [0.2, 0.25) is 5.02 Å². The van der Waals surface area contributed by atoms with Crippen molar-refractivity contribution in [2.75, 3.05) is 37.6 Å². The summed E-state index contributed by atoms with van der Waals surface area (Å²) < 4.78 is 0. The van der Waals surface area contributed by atoms with Crippen molar-refractivity contribution in [1.29, 1.82) is 0 Å². The molecule has 2 heterocycles. The minimum absolute atomic E-state index is 0.0258. The maximum absolute atomic E-state index is 13.2. The highest BCUT2D eigenvalue weighted by Crippen LogP contribution is 2.29. The number of piperazine rings is 1. The van der Waals surface area contributed by atoms with Crippen LogP contribution in [-0.2, 0) is 4.79 Å². The number of anilines is 1. The van der Waals surface area contributed by atoms with E-state index >= 15 is 0 Å². The van der Waals surface area contributed by atoms with Gasteiger partial charge in [-0.3, -0.25) is 10.2 Å². The highest BCUT2D eigenvalue weighted by molar-refractivity contribution is 6.30. The molecule has 0 saturated carbocycles. The molecule has 0 aliphatic carbocycles. The van der Waals surface area contributed by atoms with Gasteiger partial charge in [-0.2, -0.15) is 0 Å². The lowest BCUT2D eigenvalue weighted by Crippen LogP contribution is -2.51. The van der Waals surface area contributed by atoms with E-state index in [1.165, 1.54) is 16.8 Å². The molecule has 2 fully saturated rings. The Balaban J connectivity index is 1.41. The fraction of sp³-hybridized carbons (Fsp3) is 0.409. The molecule has 5 nitrogen and oxygen atoms in total. The van der Waals surface area contributed by atoms with Gasteiger partial charge < -0.3 is 9.80 Å². The molecule has 0 bridgehead atoms. The number of benzene rings is 2. The smallest absolute Gasteiger partial charge is 0.229 e. The van der Waals surface area contributed by atoms with E-state index in [1.54, 1.807) is 0 Å². The third kappa shape index (κ3) is 3.88. The second-order valence-corrected chi connectivity index (χ2v) is 8.20. The molecule has 2 unspecified atom stereocenters. The molecule has 2 aromatic carbocycles. The Morgan fingerprint density at radius 2 is 1.75 bits per heavy atom. The van der Waals surface area contributed by atoms with E-state index in [9.17, 15) is 4.79 Å². The van der Waals surface area contributed by atoms with E-state index in [0.29, 0.717) is 11.6 Å².